The lowest BCUT2D eigenvalue weighted by atomic mass is 10.4. The van der Waals surface area contributed by atoms with Gasteiger partial charge in [0.15, 0.2) is 0 Å². The maximum Gasteiger partial charge on any atom is 0.332 e. The first-order valence-corrected chi connectivity index (χ1v) is 4.54. The molecule has 0 rings (SSSR count). The third-order valence-corrected chi connectivity index (χ3v) is 1.54. The van der Waals surface area contributed by atoms with E-state index in [2.05, 4.69) is 16.1 Å². The Bertz CT molecular complexity index is 257. The van der Waals surface area contributed by atoms with Crippen LogP contribution in [0, 0.1) is 0 Å². The Kier molecular flexibility index (Phi) is 6.74. The predicted molar refractivity (Wildman–Crippen MR) is 48.7 cm³/mol. The molecule has 0 saturated heterocycles. The average Bonchev–Trinajstić information content (AvgIpc) is 2.24. The molecule has 0 amide bonds. The van der Waals surface area contributed by atoms with Crippen molar-refractivity contribution in [3.63, 3.8) is 0 Å². The van der Waals surface area contributed by atoms with Gasteiger partial charge in [0.05, 0.1) is 6.61 Å². The van der Waals surface area contributed by atoms with Gasteiger partial charge in [0.2, 0.25) is 6.29 Å². The zero-order valence-corrected chi connectivity index (χ0v) is 8.74. The molecule has 1 N–H and O–H groups in total. The standard InChI is InChI=1S/C9H12F4O4/c1-2-6(14)17-7(15)3-4-16-5-9(12,13)8(10)11/h2,7-8,15H,1,3-5H2. The molecule has 0 bridgehead atoms. The molecule has 0 aliphatic heterocycles. The minimum absolute atomic E-state index is 0.307. The number of hydrogen-bond acceptors (Lipinski definition) is 4. The minimum atomic E-state index is -4.23. The van der Waals surface area contributed by atoms with Crippen LogP contribution >= 0.6 is 0 Å². The van der Waals surface area contributed by atoms with Crippen molar-refractivity contribution in [1.29, 1.82) is 0 Å². The summed E-state index contributed by atoms with van der Waals surface area (Å²) in [6, 6.07) is 0. The lowest BCUT2D eigenvalue weighted by Gasteiger charge is -2.16. The molecule has 0 aromatic carbocycles. The zero-order chi connectivity index (χ0) is 13.5. The Morgan fingerprint density at radius 2 is 2.06 bits per heavy atom. The highest BCUT2D eigenvalue weighted by molar-refractivity contribution is 5.81. The van der Waals surface area contributed by atoms with Crippen LogP contribution in [0.2, 0.25) is 0 Å². The Hall–Kier alpha value is -1.15. The van der Waals surface area contributed by atoms with Gasteiger partial charge in [0, 0.05) is 12.5 Å². The number of carbonyl (C=O) groups is 1. The molecule has 0 aromatic rings. The molecule has 100 valence electrons. The highest BCUT2D eigenvalue weighted by Gasteiger charge is 2.40. The van der Waals surface area contributed by atoms with E-state index in [4.69, 9.17) is 5.11 Å². The summed E-state index contributed by atoms with van der Waals surface area (Å²) in [5.74, 6) is -5.13. The maximum absolute atomic E-state index is 12.3. The van der Waals surface area contributed by atoms with Crippen molar-refractivity contribution in [2.45, 2.75) is 25.1 Å². The third kappa shape index (κ3) is 6.90. The van der Waals surface area contributed by atoms with Crippen molar-refractivity contribution >= 4 is 5.97 Å². The largest absolute Gasteiger partial charge is 0.433 e. The van der Waals surface area contributed by atoms with E-state index in [9.17, 15) is 22.4 Å². The quantitative estimate of drug-likeness (QED) is 0.235. The van der Waals surface area contributed by atoms with Gasteiger partial charge in [-0.1, -0.05) is 6.58 Å². The fourth-order valence-corrected chi connectivity index (χ4v) is 0.697. The van der Waals surface area contributed by atoms with Gasteiger partial charge in [-0.05, 0) is 0 Å². The summed E-state index contributed by atoms with van der Waals surface area (Å²) in [6.07, 6.45) is -4.87. The van der Waals surface area contributed by atoms with E-state index in [-0.39, 0.29) is 6.42 Å². The molecule has 0 aliphatic rings. The second kappa shape index (κ2) is 7.23. The lowest BCUT2D eigenvalue weighted by molar-refractivity contribution is -0.177. The van der Waals surface area contributed by atoms with Gasteiger partial charge in [-0.15, -0.1) is 0 Å². The van der Waals surface area contributed by atoms with Gasteiger partial charge in [-0.3, -0.25) is 0 Å². The molecule has 0 fully saturated rings. The number of aliphatic hydroxyl groups is 1. The van der Waals surface area contributed by atoms with Crippen molar-refractivity contribution in [2.75, 3.05) is 13.2 Å². The van der Waals surface area contributed by atoms with Crippen LogP contribution < -0.4 is 0 Å². The number of carbonyl (C=O) groups excluding carboxylic acids is 1. The summed E-state index contributed by atoms with van der Waals surface area (Å²) >= 11 is 0. The van der Waals surface area contributed by atoms with E-state index in [0.717, 1.165) is 6.08 Å². The fourth-order valence-electron chi connectivity index (χ4n) is 0.697. The molecular formula is C9H12F4O4. The molecule has 0 aliphatic carbocycles. The van der Waals surface area contributed by atoms with Gasteiger partial charge in [0.25, 0.3) is 0 Å². The Morgan fingerprint density at radius 1 is 1.47 bits per heavy atom. The number of aliphatic hydroxyl groups excluding tert-OH is 1. The van der Waals surface area contributed by atoms with Gasteiger partial charge >= 0.3 is 18.3 Å². The van der Waals surface area contributed by atoms with Crippen molar-refractivity contribution in [3.8, 4) is 0 Å². The van der Waals surface area contributed by atoms with E-state index in [1.165, 1.54) is 0 Å². The van der Waals surface area contributed by atoms with Gasteiger partial charge in [0.1, 0.15) is 6.61 Å². The Morgan fingerprint density at radius 3 is 2.53 bits per heavy atom. The van der Waals surface area contributed by atoms with Gasteiger partial charge in [-0.2, -0.15) is 8.78 Å². The maximum atomic E-state index is 12.3. The lowest BCUT2D eigenvalue weighted by Crippen LogP contribution is -2.32. The van der Waals surface area contributed by atoms with E-state index in [1.807, 2.05) is 0 Å². The van der Waals surface area contributed by atoms with E-state index in [0.29, 0.717) is 0 Å². The van der Waals surface area contributed by atoms with Crippen LogP contribution in [0.3, 0.4) is 0 Å². The first-order chi connectivity index (χ1) is 7.79. The number of ether oxygens (including phenoxy) is 2. The summed E-state index contributed by atoms with van der Waals surface area (Å²) in [6.45, 7) is 1.15. The van der Waals surface area contributed by atoms with Crippen LogP contribution in [0.1, 0.15) is 6.42 Å². The van der Waals surface area contributed by atoms with Crippen molar-refractivity contribution in [3.05, 3.63) is 12.7 Å². The molecular weight excluding hydrogens is 248 g/mol. The molecule has 17 heavy (non-hydrogen) atoms. The summed E-state index contributed by atoms with van der Waals surface area (Å²) in [4.78, 5) is 10.5. The number of esters is 1. The second-order valence-corrected chi connectivity index (χ2v) is 3.00. The molecule has 1 unspecified atom stereocenters. The monoisotopic (exact) mass is 260 g/mol. The number of hydrogen-bond donors (Lipinski definition) is 1. The molecule has 0 aromatic heterocycles. The van der Waals surface area contributed by atoms with Crippen molar-refractivity contribution < 1.29 is 36.9 Å². The molecule has 4 nitrogen and oxygen atoms in total. The van der Waals surface area contributed by atoms with Crippen LogP contribution in [-0.4, -0.2) is 42.9 Å². The smallest absolute Gasteiger partial charge is 0.332 e. The van der Waals surface area contributed by atoms with E-state index < -0.39 is 37.8 Å². The van der Waals surface area contributed by atoms with Gasteiger partial charge < -0.3 is 14.6 Å². The first-order valence-electron chi connectivity index (χ1n) is 4.54. The van der Waals surface area contributed by atoms with E-state index in [1.54, 1.807) is 0 Å². The minimum Gasteiger partial charge on any atom is -0.433 e. The van der Waals surface area contributed by atoms with E-state index >= 15 is 0 Å². The predicted octanol–water partition coefficient (Wildman–Crippen LogP) is 1.34. The second-order valence-electron chi connectivity index (χ2n) is 3.00. The fraction of sp³-hybridized carbons (Fsp3) is 0.667. The van der Waals surface area contributed by atoms with Gasteiger partial charge in [-0.25, -0.2) is 13.6 Å². The number of alkyl halides is 4. The Balaban J connectivity index is 3.71. The summed E-state index contributed by atoms with van der Waals surface area (Å²) < 4.78 is 56.4. The summed E-state index contributed by atoms with van der Waals surface area (Å²) in [7, 11) is 0. The third-order valence-electron chi connectivity index (χ3n) is 1.54. The van der Waals surface area contributed by atoms with Crippen LogP contribution in [-0.2, 0) is 14.3 Å². The molecule has 0 spiro atoms. The van der Waals surface area contributed by atoms with Crippen LogP contribution in [0.5, 0.6) is 0 Å². The zero-order valence-electron chi connectivity index (χ0n) is 8.74. The SMILES string of the molecule is C=CC(=O)OC(O)CCOCC(F)(F)C(F)F. The topological polar surface area (TPSA) is 55.8 Å². The Labute approximate surface area is 94.8 Å². The number of rotatable bonds is 8. The van der Waals surface area contributed by atoms with Crippen molar-refractivity contribution in [1.82, 2.24) is 0 Å². The normalized spacial score (nSPS) is 13.5. The molecule has 0 saturated carbocycles. The van der Waals surface area contributed by atoms with Crippen molar-refractivity contribution in [2.24, 2.45) is 0 Å². The molecule has 1 atom stereocenters. The van der Waals surface area contributed by atoms with Crippen LogP contribution in [0.15, 0.2) is 12.7 Å². The van der Waals surface area contributed by atoms with Crippen LogP contribution in [0.25, 0.3) is 0 Å². The summed E-state index contributed by atoms with van der Waals surface area (Å²) in [5.41, 5.74) is 0. The van der Waals surface area contributed by atoms with Crippen LogP contribution in [0.4, 0.5) is 17.6 Å². The molecule has 0 radical (unpaired) electrons. The summed E-state index contributed by atoms with van der Waals surface area (Å²) in [5, 5.41) is 8.98. The average molecular weight is 260 g/mol. The highest BCUT2D eigenvalue weighted by Crippen LogP contribution is 2.22. The molecule has 0 heterocycles. The highest BCUT2D eigenvalue weighted by atomic mass is 19.3. The molecule has 8 heteroatoms. The first kappa shape index (κ1) is 15.9. The number of halogens is 4.